The van der Waals surface area contributed by atoms with E-state index in [0.717, 1.165) is 17.5 Å². The zero-order valence-corrected chi connectivity index (χ0v) is 19.0. The van der Waals surface area contributed by atoms with Gasteiger partial charge in [0.05, 0.1) is 36.6 Å². The summed E-state index contributed by atoms with van der Waals surface area (Å²) in [4.78, 5) is 13.0. The summed E-state index contributed by atoms with van der Waals surface area (Å²) >= 11 is 5.94. The fourth-order valence-corrected chi connectivity index (χ4v) is 3.81. The van der Waals surface area contributed by atoms with Crippen LogP contribution in [0.1, 0.15) is 6.42 Å². The van der Waals surface area contributed by atoms with Gasteiger partial charge in [-0.3, -0.25) is 0 Å². The first-order chi connectivity index (χ1) is 16.6. The lowest BCUT2D eigenvalue weighted by Gasteiger charge is -2.18. The average Bonchev–Trinajstić information content (AvgIpc) is 3.35. The van der Waals surface area contributed by atoms with Crippen LogP contribution in [0.25, 0.3) is 10.9 Å². The van der Waals surface area contributed by atoms with Crippen molar-refractivity contribution in [2.45, 2.75) is 12.5 Å². The number of methoxy groups -OCH3 is 1. The van der Waals surface area contributed by atoms with Crippen molar-refractivity contribution < 1.29 is 18.6 Å². The fraction of sp³-hybridized carbons (Fsp3) is 0.208. The molecule has 10 heteroatoms. The zero-order valence-electron chi connectivity index (χ0n) is 18.2. The van der Waals surface area contributed by atoms with E-state index in [1.807, 2.05) is 18.2 Å². The molecular weight excluding hydrogens is 461 g/mol. The summed E-state index contributed by atoms with van der Waals surface area (Å²) in [5, 5.41) is 7.33. The number of rotatable bonds is 7. The molecule has 174 valence electrons. The standard InChI is InChI=1S/C24H21ClFN5O3/c1-32-23-9-15(4-6-27-23)30-21-10-17-20(11-22(21)34-16-5-7-33-12-16)28-13-29-24(17)31-14-2-3-19(26)18(25)8-14/h2-4,6,8-11,13,16H,5,7,12H2,1H3,(H,27,30)(H,28,29,31)/t16-/m0/s1. The molecule has 2 N–H and O–H groups in total. The summed E-state index contributed by atoms with van der Waals surface area (Å²) in [6.07, 6.45) is 3.87. The maximum absolute atomic E-state index is 13.6. The molecule has 0 amide bonds. The van der Waals surface area contributed by atoms with Gasteiger partial charge in [0.2, 0.25) is 5.88 Å². The van der Waals surface area contributed by atoms with Crippen molar-refractivity contribution in [1.82, 2.24) is 15.0 Å². The Labute approximate surface area is 200 Å². The molecule has 4 aromatic rings. The van der Waals surface area contributed by atoms with Gasteiger partial charge in [0.1, 0.15) is 29.8 Å². The van der Waals surface area contributed by atoms with E-state index in [0.29, 0.717) is 47.6 Å². The molecule has 3 heterocycles. The van der Waals surface area contributed by atoms with Gasteiger partial charge in [-0.15, -0.1) is 0 Å². The van der Waals surface area contributed by atoms with Gasteiger partial charge in [0.25, 0.3) is 0 Å². The minimum Gasteiger partial charge on any atom is -0.486 e. The van der Waals surface area contributed by atoms with Crippen molar-refractivity contribution in [2.24, 2.45) is 0 Å². The summed E-state index contributed by atoms with van der Waals surface area (Å²) in [6.45, 7) is 1.20. The summed E-state index contributed by atoms with van der Waals surface area (Å²) < 4.78 is 30.5. The van der Waals surface area contributed by atoms with Gasteiger partial charge < -0.3 is 24.8 Å². The number of fused-ring (bicyclic) bond motifs is 1. The lowest BCUT2D eigenvalue weighted by molar-refractivity contribution is 0.142. The fourth-order valence-electron chi connectivity index (χ4n) is 3.63. The van der Waals surface area contributed by atoms with Crippen LogP contribution in [0, 0.1) is 5.82 Å². The Bertz CT molecular complexity index is 1330. The number of hydrogen-bond donors (Lipinski definition) is 2. The molecule has 0 radical (unpaired) electrons. The molecule has 0 unspecified atom stereocenters. The van der Waals surface area contributed by atoms with Crippen molar-refractivity contribution in [3.63, 3.8) is 0 Å². The SMILES string of the molecule is COc1cc(Nc2cc3c(Nc4ccc(F)c(Cl)c4)ncnc3cc2O[C@H]2CCOC2)ccn1. The number of nitrogens with one attached hydrogen (secondary N) is 2. The first-order valence-electron chi connectivity index (χ1n) is 10.6. The van der Waals surface area contributed by atoms with E-state index >= 15 is 0 Å². The lowest BCUT2D eigenvalue weighted by atomic mass is 10.1. The topological polar surface area (TPSA) is 90.4 Å². The van der Waals surface area contributed by atoms with Gasteiger partial charge in [0.15, 0.2) is 0 Å². The van der Waals surface area contributed by atoms with Crippen molar-refractivity contribution in [3.8, 4) is 11.6 Å². The Balaban J connectivity index is 1.55. The third-order valence-electron chi connectivity index (χ3n) is 5.32. The largest absolute Gasteiger partial charge is 0.486 e. The van der Waals surface area contributed by atoms with Crippen LogP contribution >= 0.6 is 11.6 Å². The Hall–Kier alpha value is -3.69. The van der Waals surface area contributed by atoms with Crippen LogP contribution in [0.4, 0.5) is 27.3 Å². The second kappa shape index (κ2) is 9.66. The van der Waals surface area contributed by atoms with E-state index in [2.05, 4.69) is 25.6 Å². The molecule has 8 nitrogen and oxygen atoms in total. The average molecular weight is 482 g/mol. The quantitative estimate of drug-likeness (QED) is 0.358. The van der Waals surface area contributed by atoms with Crippen LogP contribution in [0.2, 0.25) is 5.02 Å². The molecule has 1 saturated heterocycles. The smallest absolute Gasteiger partial charge is 0.214 e. The Morgan fingerprint density at radius 1 is 1.06 bits per heavy atom. The van der Waals surface area contributed by atoms with Gasteiger partial charge in [0, 0.05) is 41.5 Å². The summed E-state index contributed by atoms with van der Waals surface area (Å²) in [7, 11) is 1.56. The van der Waals surface area contributed by atoms with Gasteiger partial charge in [-0.2, -0.15) is 0 Å². The highest BCUT2D eigenvalue weighted by Crippen LogP contribution is 2.36. The molecule has 0 spiro atoms. The summed E-state index contributed by atoms with van der Waals surface area (Å²) in [5.41, 5.74) is 2.76. The van der Waals surface area contributed by atoms with Crippen LogP contribution in [0.3, 0.4) is 0 Å². The molecule has 2 aromatic carbocycles. The predicted molar refractivity (Wildman–Crippen MR) is 128 cm³/mol. The van der Waals surface area contributed by atoms with E-state index in [-0.39, 0.29) is 11.1 Å². The van der Waals surface area contributed by atoms with Crippen LogP contribution in [0.5, 0.6) is 11.6 Å². The molecule has 1 fully saturated rings. The predicted octanol–water partition coefficient (Wildman–Crippen LogP) is 5.48. The van der Waals surface area contributed by atoms with Gasteiger partial charge in [-0.25, -0.2) is 19.3 Å². The molecule has 0 aliphatic carbocycles. The number of halogens is 2. The number of benzene rings is 2. The third-order valence-corrected chi connectivity index (χ3v) is 5.61. The zero-order chi connectivity index (χ0) is 23.5. The van der Waals surface area contributed by atoms with E-state index in [1.54, 1.807) is 25.4 Å². The van der Waals surface area contributed by atoms with Crippen molar-refractivity contribution in [3.05, 3.63) is 65.8 Å². The summed E-state index contributed by atoms with van der Waals surface area (Å²) in [5.74, 6) is 1.17. The normalized spacial score (nSPS) is 15.3. The molecule has 5 rings (SSSR count). The van der Waals surface area contributed by atoms with Gasteiger partial charge >= 0.3 is 0 Å². The van der Waals surface area contributed by atoms with Crippen molar-refractivity contribution in [1.29, 1.82) is 0 Å². The maximum atomic E-state index is 13.6. The second-order valence-electron chi connectivity index (χ2n) is 7.66. The number of hydrogen-bond acceptors (Lipinski definition) is 8. The number of ether oxygens (including phenoxy) is 3. The molecule has 34 heavy (non-hydrogen) atoms. The molecule has 1 atom stereocenters. The monoisotopic (exact) mass is 481 g/mol. The van der Waals surface area contributed by atoms with Crippen LogP contribution < -0.4 is 20.1 Å². The second-order valence-corrected chi connectivity index (χ2v) is 8.06. The van der Waals surface area contributed by atoms with Crippen LogP contribution in [-0.4, -0.2) is 41.4 Å². The maximum Gasteiger partial charge on any atom is 0.214 e. The van der Waals surface area contributed by atoms with E-state index in [1.165, 1.54) is 18.5 Å². The van der Waals surface area contributed by atoms with Crippen LogP contribution in [0.15, 0.2) is 55.0 Å². The first kappa shape index (κ1) is 22.1. The number of anilines is 4. The molecule has 0 saturated carbocycles. The number of pyridine rings is 1. The third kappa shape index (κ3) is 4.80. The Morgan fingerprint density at radius 3 is 2.74 bits per heavy atom. The highest BCUT2D eigenvalue weighted by atomic mass is 35.5. The minimum atomic E-state index is -0.489. The minimum absolute atomic E-state index is 0.0202. The lowest BCUT2D eigenvalue weighted by Crippen LogP contribution is -2.16. The Kier molecular flexibility index (Phi) is 6.29. The van der Waals surface area contributed by atoms with Gasteiger partial charge in [-0.1, -0.05) is 11.6 Å². The van der Waals surface area contributed by atoms with E-state index in [9.17, 15) is 4.39 Å². The highest BCUT2D eigenvalue weighted by Gasteiger charge is 2.20. The van der Waals surface area contributed by atoms with E-state index < -0.39 is 5.82 Å². The van der Waals surface area contributed by atoms with Crippen molar-refractivity contribution in [2.75, 3.05) is 31.0 Å². The summed E-state index contributed by atoms with van der Waals surface area (Å²) in [6, 6.07) is 11.8. The van der Waals surface area contributed by atoms with Crippen LogP contribution in [-0.2, 0) is 4.74 Å². The van der Waals surface area contributed by atoms with Gasteiger partial charge in [-0.05, 0) is 30.3 Å². The molecule has 2 aromatic heterocycles. The number of aromatic nitrogens is 3. The van der Waals surface area contributed by atoms with E-state index in [4.69, 9.17) is 25.8 Å². The highest BCUT2D eigenvalue weighted by molar-refractivity contribution is 6.31. The Morgan fingerprint density at radius 2 is 1.94 bits per heavy atom. The first-order valence-corrected chi connectivity index (χ1v) is 11.0. The molecular formula is C24H21ClFN5O3. The number of nitrogens with zero attached hydrogens (tertiary/aromatic N) is 3. The molecule has 1 aliphatic rings. The molecule has 0 bridgehead atoms. The molecule has 1 aliphatic heterocycles. The van der Waals surface area contributed by atoms with Crippen molar-refractivity contribution >= 4 is 45.4 Å².